The molecule has 0 saturated heterocycles. The first-order chi connectivity index (χ1) is 11.8. The van der Waals surface area contributed by atoms with Crippen molar-refractivity contribution in [2.45, 2.75) is 32.8 Å². The van der Waals surface area contributed by atoms with E-state index in [0.717, 1.165) is 0 Å². The molecule has 0 aliphatic rings. The number of amides is 2. The van der Waals surface area contributed by atoms with E-state index in [2.05, 4.69) is 0 Å². The van der Waals surface area contributed by atoms with E-state index >= 15 is 0 Å². The number of rotatable bonds is 15. The summed E-state index contributed by atoms with van der Waals surface area (Å²) in [4.78, 5) is 21.7. The zero-order valence-electron chi connectivity index (χ0n) is 15.3. The molecule has 1 unspecified atom stereocenters. The highest BCUT2D eigenvalue weighted by atomic mass is 16.5. The second-order valence-corrected chi connectivity index (χ2v) is 6.24. The summed E-state index contributed by atoms with van der Waals surface area (Å²) < 4.78 is 21.6. The van der Waals surface area contributed by atoms with Crippen LogP contribution in [0, 0.1) is 5.92 Å². The molecule has 0 aliphatic heterocycles. The quantitative estimate of drug-likeness (QED) is 0.123. The molecular weight excluding hydrogens is 332 g/mol. The Hall–Kier alpha value is -1.30. The molecule has 0 aromatic carbocycles. The highest BCUT2D eigenvalue weighted by Crippen LogP contribution is 2.16. The third kappa shape index (κ3) is 14.7. The number of ether oxygens (including phenoxy) is 4. The van der Waals surface area contributed by atoms with Gasteiger partial charge < -0.3 is 18.9 Å². The summed E-state index contributed by atoms with van der Waals surface area (Å²) in [5.74, 6) is 9.35. The number of hydrogen-bond acceptors (Lipinski definition) is 8. The lowest BCUT2D eigenvalue weighted by Crippen LogP contribution is -2.34. The van der Waals surface area contributed by atoms with Crippen LogP contribution < -0.4 is 22.5 Å². The van der Waals surface area contributed by atoms with Crippen molar-refractivity contribution in [2.75, 3.05) is 46.2 Å². The van der Waals surface area contributed by atoms with Crippen LogP contribution in [0.3, 0.4) is 0 Å². The third-order valence-electron chi connectivity index (χ3n) is 3.17. The summed E-state index contributed by atoms with van der Waals surface area (Å²) in [6.07, 6.45) is 0.648. The lowest BCUT2D eigenvalue weighted by atomic mass is 10.1. The normalized spacial score (nSPS) is 12.7. The van der Waals surface area contributed by atoms with Gasteiger partial charge in [-0.05, 0) is 20.3 Å². The minimum Gasteiger partial charge on any atom is -0.379 e. The van der Waals surface area contributed by atoms with Gasteiger partial charge in [-0.2, -0.15) is 0 Å². The highest BCUT2D eigenvalue weighted by Gasteiger charge is 2.19. The lowest BCUT2D eigenvalue weighted by molar-refractivity contribution is -0.127. The molecule has 0 radical (unpaired) electrons. The largest absolute Gasteiger partial charge is 0.379 e. The molecule has 1 atom stereocenters. The van der Waals surface area contributed by atoms with E-state index in [-0.39, 0.29) is 36.5 Å². The van der Waals surface area contributed by atoms with E-state index in [1.165, 1.54) is 0 Å². The molecule has 6 N–H and O–H groups in total. The van der Waals surface area contributed by atoms with Crippen LogP contribution in [0.5, 0.6) is 0 Å². The van der Waals surface area contributed by atoms with Crippen LogP contribution in [0.2, 0.25) is 0 Å². The standard InChI is InChI=1S/C15H32N4O6/c1-12(8-23-6-7-24-11-14(21)19-17)9-25-15(2,3)4-5-22-10-13(20)18-16/h12H,4-11,16-17H2,1-3H3,(H,18,20)(H,19,21). The summed E-state index contributed by atoms with van der Waals surface area (Å²) in [6.45, 7) is 7.96. The van der Waals surface area contributed by atoms with Crippen molar-refractivity contribution in [3.8, 4) is 0 Å². The number of carbonyl (C=O) groups is 2. The van der Waals surface area contributed by atoms with Gasteiger partial charge in [-0.15, -0.1) is 0 Å². The fourth-order valence-electron chi connectivity index (χ4n) is 1.62. The maximum absolute atomic E-state index is 10.9. The Bertz CT molecular complexity index is 381. The molecule has 2 amide bonds. The number of carbonyl (C=O) groups excluding carboxylic acids is 2. The van der Waals surface area contributed by atoms with Gasteiger partial charge in [-0.3, -0.25) is 20.4 Å². The lowest BCUT2D eigenvalue weighted by Gasteiger charge is -2.27. The van der Waals surface area contributed by atoms with Crippen molar-refractivity contribution >= 4 is 11.8 Å². The summed E-state index contributed by atoms with van der Waals surface area (Å²) in [5, 5.41) is 0. The Morgan fingerprint density at radius 1 is 0.920 bits per heavy atom. The Morgan fingerprint density at radius 2 is 1.44 bits per heavy atom. The zero-order chi connectivity index (χ0) is 19.1. The monoisotopic (exact) mass is 364 g/mol. The Labute approximate surface area is 148 Å². The molecule has 10 heteroatoms. The maximum Gasteiger partial charge on any atom is 0.259 e. The van der Waals surface area contributed by atoms with E-state index in [9.17, 15) is 9.59 Å². The first-order valence-corrected chi connectivity index (χ1v) is 8.16. The summed E-state index contributed by atoms with van der Waals surface area (Å²) in [5.41, 5.74) is 3.61. The van der Waals surface area contributed by atoms with E-state index in [1.54, 1.807) is 0 Å². The third-order valence-corrected chi connectivity index (χ3v) is 3.17. The summed E-state index contributed by atoms with van der Waals surface area (Å²) >= 11 is 0. The first-order valence-electron chi connectivity index (χ1n) is 8.16. The average Bonchev–Trinajstić information content (AvgIpc) is 2.59. The smallest absolute Gasteiger partial charge is 0.259 e. The number of hydrogen-bond donors (Lipinski definition) is 4. The van der Waals surface area contributed by atoms with Crippen LogP contribution >= 0.6 is 0 Å². The van der Waals surface area contributed by atoms with E-state index in [0.29, 0.717) is 39.5 Å². The predicted molar refractivity (Wildman–Crippen MR) is 90.9 cm³/mol. The van der Waals surface area contributed by atoms with E-state index in [4.69, 9.17) is 30.6 Å². The molecule has 0 rings (SSSR count). The maximum atomic E-state index is 10.9. The van der Waals surface area contributed by atoms with Gasteiger partial charge in [-0.1, -0.05) is 6.92 Å². The first kappa shape index (κ1) is 23.7. The predicted octanol–water partition coefficient (Wildman–Crippen LogP) is -1.16. The SMILES string of the molecule is CC(COCCOCC(=O)NN)COC(C)(C)CCOCC(=O)NN. The molecule has 0 heterocycles. The minimum absolute atomic E-state index is 0.0637. The zero-order valence-corrected chi connectivity index (χ0v) is 15.3. The van der Waals surface area contributed by atoms with Gasteiger partial charge in [-0.25, -0.2) is 11.7 Å². The van der Waals surface area contributed by atoms with Crippen molar-refractivity contribution in [2.24, 2.45) is 17.6 Å². The molecule has 0 saturated carbocycles. The van der Waals surface area contributed by atoms with E-state index in [1.807, 2.05) is 31.6 Å². The van der Waals surface area contributed by atoms with Crippen LogP contribution in [0.15, 0.2) is 0 Å². The Morgan fingerprint density at radius 3 is 2.00 bits per heavy atom. The molecule has 10 nitrogen and oxygen atoms in total. The Balaban J connectivity index is 3.65. The van der Waals surface area contributed by atoms with Crippen molar-refractivity contribution in [3.63, 3.8) is 0 Å². The van der Waals surface area contributed by atoms with Gasteiger partial charge in [0.2, 0.25) is 0 Å². The number of nitrogens with two attached hydrogens (primary N) is 2. The molecule has 0 aromatic heterocycles. The van der Waals surface area contributed by atoms with Gasteiger partial charge in [0.05, 0.1) is 32.0 Å². The molecule has 148 valence electrons. The second kappa shape index (κ2) is 13.9. The molecule has 0 fully saturated rings. The van der Waals surface area contributed by atoms with Gasteiger partial charge >= 0.3 is 0 Å². The van der Waals surface area contributed by atoms with Crippen LogP contribution in [-0.4, -0.2) is 63.7 Å². The highest BCUT2D eigenvalue weighted by molar-refractivity contribution is 5.76. The number of nitrogens with one attached hydrogen (secondary N) is 2. The van der Waals surface area contributed by atoms with Crippen molar-refractivity contribution in [1.29, 1.82) is 0 Å². The molecule has 0 aromatic rings. The van der Waals surface area contributed by atoms with Crippen molar-refractivity contribution in [3.05, 3.63) is 0 Å². The van der Waals surface area contributed by atoms with Gasteiger partial charge in [0, 0.05) is 12.5 Å². The topological polar surface area (TPSA) is 147 Å². The van der Waals surface area contributed by atoms with E-state index < -0.39 is 0 Å². The molecule has 0 bridgehead atoms. The van der Waals surface area contributed by atoms with Crippen LogP contribution in [0.4, 0.5) is 0 Å². The summed E-state index contributed by atoms with van der Waals surface area (Å²) in [6, 6.07) is 0. The Kier molecular flexibility index (Phi) is 13.2. The van der Waals surface area contributed by atoms with Crippen LogP contribution in [0.1, 0.15) is 27.2 Å². The van der Waals surface area contributed by atoms with Crippen LogP contribution in [-0.2, 0) is 28.5 Å². The second-order valence-electron chi connectivity index (χ2n) is 6.24. The van der Waals surface area contributed by atoms with Crippen LogP contribution in [0.25, 0.3) is 0 Å². The van der Waals surface area contributed by atoms with Gasteiger partial charge in [0.25, 0.3) is 11.8 Å². The molecule has 0 spiro atoms. The average molecular weight is 364 g/mol. The summed E-state index contributed by atoms with van der Waals surface area (Å²) in [7, 11) is 0. The van der Waals surface area contributed by atoms with Gasteiger partial charge in [0.1, 0.15) is 13.2 Å². The molecule has 0 aliphatic carbocycles. The van der Waals surface area contributed by atoms with Crippen molar-refractivity contribution < 1.29 is 28.5 Å². The molecular formula is C15H32N4O6. The van der Waals surface area contributed by atoms with Crippen molar-refractivity contribution in [1.82, 2.24) is 10.9 Å². The van der Waals surface area contributed by atoms with Gasteiger partial charge in [0.15, 0.2) is 0 Å². The minimum atomic E-state index is -0.378. The molecule has 25 heavy (non-hydrogen) atoms. The fourth-order valence-corrected chi connectivity index (χ4v) is 1.62. The fraction of sp³-hybridized carbons (Fsp3) is 0.867. The number of hydrazine groups is 2.